The van der Waals surface area contributed by atoms with E-state index in [1.165, 1.54) is 0 Å². The third-order valence-corrected chi connectivity index (χ3v) is 12.3. The molecular formula is C39H54N4O2S2. The summed E-state index contributed by atoms with van der Waals surface area (Å²) in [4.78, 5) is 6.56. The van der Waals surface area contributed by atoms with Crippen molar-refractivity contribution in [2.24, 2.45) is 11.5 Å². The number of hydrogen-bond donors (Lipinski definition) is 4. The Hall–Kier alpha value is -3.04. The van der Waals surface area contributed by atoms with Gasteiger partial charge in [-0.05, 0) is 80.0 Å². The molecule has 3 aromatic carbocycles. The highest BCUT2D eigenvalue weighted by Gasteiger charge is 2.48. The van der Waals surface area contributed by atoms with Crippen molar-refractivity contribution in [1.29, 1.82) is 0 Å². The Bertz CT molecular complexity index is 1520. The van der Waals surface area contributed by atoms with Gasteiger partial charge >= 0.3 is 0 Å². The van der Waals surface area contributed by atoms with E-state index in [0.29, 0.717) is 25.9 Å². The van der Waals surface area contributed by atoms with Crippen molar-refractivity contribution in [3.63, 3.8) is 0 Å². The van der Waals surface area contributed by atoms with Gasteiger partial charge in [-0.25, -0.2) is 0 Å². The summed E-state index contributed by atoms with van der Waals surface area (Å²) in [5.74, 6) is 0.565. The number of thioether (sulfide) groups is 2. The molecule has 0 aromatic heterocycles. The Morgan fingerprint density at radius 3 is 1.43 bits per heavy atom. The highest BCUT2D eigenvalue weighted by Crippen LogP contribution is 2.55. The lowest BCUT2D eigenvalue weighted by Crippen LogP contribution is -2.45. The summed E-state index contributed by atoms with van der Waals surface area (Å²) in [5, 5.41) is 24.7. The molecule has 3 aromatic rings. The fourth-order valence-electron chi connectivity index (χ4n) is 7.64. The molecule has 1 heterocycles. The van der Waals surface area contributed by atoms with Gasteiger partial charge < -0.3 is 31.5 Å². The minimum Gasteiger partial charge on any atom is -0.507 e. The van der Waals surface area contributed by atoms with Crippen molar-refractivity contribution < 1.29 is 10.2 Å². The zero-order valence-electron chi connectivity index (χ0n) is 29.4. The third-order valence-electron chi connectivity index (χ3n) is 10.8. The van der Waals surface area contributed by atoms with Crippen LogP contribution < -0.4 is 21.3 Å². The average Bonchev–Trinajstić information content (AvgIpc) is 3.07. The maximum absolute atomic E-state index is 12.3. The molecule has 8 heteroatoms. The summed E-state index contributed by atoms with van der Waals surface area (Å²) in [5.41, 5.74) is 20.7. The van der Waals surface area contributed by atoms with E-state index in [1.54, 1.807) is 23.5 Å². The number of phenolic OH excluding ortho intramolecular Hbond substituents is 2. The maximum Gasteiger partial charge on any atom is 0.124 e. The Kier molecular flexibility index (Phi) is 11.8. The van der Waals surface area contributed by atoms with Crippen molar-refractivity contribution in [1.82, 2.24) is 0 Å². The molecule has 6 N–H and O–H groups in total. The summed E-state index contributed by atoms with van der Waals surface area (Å²) in [6.07, 6.45) is 10.8. The fraction of sp³-hybridized carbons (Fsp3) is 0.436. The van der Waals surface area contributed by atoms with Crippen LogP contribution in [-0.2, 0) is 36.8 Å². The van der Waals surface area contributed by atoms with E-state index in [1.807, 2.05) is 12.2 Å². The molecule has 0 amide bonds. The third kappa shape index (κ3) is 6.42. The predicted molar refractivity (Wildman–Crippen MR) is 205 cm³/mol. The Morgan fingerprint density at radius 2 is 1.13 bits per heavy atom. The molecule has 2 unspecified atom stereocenters. The first-order valence-corrected chi connectivity index (χ1v) is 19.0. The van der Waals surface area contributed by atoms with Gasteiger partial charge in [-0.2, -0.15) is 0 Å². The van der Waals surface area contributed by atoms with Crippen LogP contribution in [0.25, 0.3) is 0 Å². The molecule has 4 rings (SSSR count). The highest BCUT2D eigenvalue weighted by atomic mass is 32.2. The average molecular weight is 675 g/mol. The van der Waals surface area contributed by atoms with E-state index in [9.17, 15) is 10.2 Å². The zero-order valence-corrected chi connectivity index (χ0v) is 31.0. The second-order valence-electron chi connectivity index (χ2n) is 13.0. The quantitative estimate of drug-likeness (QED) is 0.126. The van der Waals surface area contributed by atoms with Gasteiger partial charge in [-0.15, -0.1) is 36.7 Å². The molecule has 6 bridgehead atoms. The van der Waals surface area contributed by atoms with Crippen LogP contribution in [0, 0.1) is 6.92 Å². The van der Waals surface area contributed by atoms with Crippen LogP contribution in [-0.4, -0.2) is 36.1 Å². The summed E-state index contributed by atoms with van der Waals surface area (Å²) >= 11 is 3.37. The highest BCUT2D eigenvalue weighted by molar-refractivity contribution is 7.99. The molecule has 0 aliphatic carbocycles. The van der Waals surface area contributed by atoms with Gasteiger partial charge in [-0.3, -0.25) is 0 Å². The van der Waals surface area contributed by atoms with Gasteiger partial charge in [0.2, 0.25) is 0 Å². The van der Waals surface area contributed by atoms with Crippen molar-refractivity contribution >= 4 is 34.9 Å². The SMILES string of the molecule is C=CCc1cc2c(O)c(c1)C(C)(CC)C(C)(CC)c1cc(CC=C)cc(c1O)CN(CN)c1c(SC)cc(SC)c(c1C)N(CN)C2. The lowest BCUT2D eigenvalue weighted by molar-refractivity contribution is 0.221. The molecule has 0 saturated carbocycles. The number of phenols is 2. The number of anilines is 2. The second-order valence-corrected chi connectivity index (χ2v) is 14.7. The molecule has 254 valence electrons. The largest absolute Gasteiger partial charge is 0.507 e. The van der Waals surface area contributed by atoms with Crippen molar-refractivity contribution in [2.75, 3.05) is 35.6 Å². The lowest BCUT2D eigenvalue weighted by Gasteiger charge is -2.48. The fourth-order valence-corrected chi connectivity index (χ4v) is 9.14. The standard InChI is InChI=1S/C39H54N4O2S2/c1-10-14-26-16-28-21-42(23-40)34-25(5)35(33(47-9)20-32(34)46-8)43(24-41)22-29-17-27(15-11-2)19-31(37(29)45)39(7,13-4)38(6,12-3)30(18-26)36(28)44/h10-11,16-20,44-45H,1-2,12-15,21-24,40-41H2,3-9H3. The number of fused-ring (bicyclic) bond motifs is 6. The van der Waals surface area contributed by atoms with Gasteiger partial charge in [0, 0.05) is 56.0 Å². The summed E-state index contributed by atoms with van der Waals surface area (Å²) in [6, 6.07) is 10.7. The van der Waals surface area contributed by atoms with Crippen LogP contribution in [0.1, 0.15) is 79.5 Å². The van der Waals surface area contributed by atoms with Crippen molar-refractivity contribution in [3.05, 3.63) is 94.6 Å². The predicted octanol–water partition coefficient (Wildman–Crippen LogP) is 8.50. The molecule has 0 radical (unpaired) electrons. The molecular weight excluding hydrogens is 621 g/mol. The molecule has 0 fully saturated rings. The Labute approximate surface area is 291 Å². The van der Waals surface area contributed by atoms with Gasteiger partial charge in [0.05, 0.1) is 24.7 Å². The topological polar surface area (TPSA) is 99.0 Å². The van der Waals surface area contributed by atoms with E-state index in [0.717, 1.165) is 73.0 Å². The zero-order chi connectivity index (χ0) is 34.7. The van der Waals surface area contributed by atoms with E-state index in [4.69, 9.17) is 11.5 Å². The number of allylic oxidation sites excluding steroid dienone is 2. The first-order valence-electron chi connectivity index (χ1n) is 16.5. The number of rotatable bonds is 10. The maximum atomic E-state index is 12.3. The van der Waals surface area contributed by atoms with E-state index < -0.39 is 10.8 Å². The summed E-state index contributed by atoms with van der Waals surface area (Å²) in [6.45, 7) is 20.4. The van der Waals surface area contributed by atoms with Crippen LogP contribution in [0.3, 0.4) is 0 Å². The van der Waals surface area contributed by atoms with Crippen LogP contribution in [0.15, 0.2) is 65.4 Å². The van der Waals surface area contributed by atoms with E-state index in [2.05, 4.69) is 100 Å². The molecule has 1 aliphatic heterocycles. The minimum absolute atomic E-state index is 0.264. The molecule has 6 nitrogen and oxygen atoms in total. The monoisotopic (exact) mass is 674 g/mol. The van der Waals surface area contributed by atoms with Gasteiger partial charge in [0.1, 0.15) is 11.5 Å². The van der Waals surface area contributed by atoms with Crippen LogP contribution in [0.4, 0.5) is 11.4 Å². The van der Waals surface area contributed by atoms with Crippen LogP contribution in [0.5, 0.6) is 11.5 Å². The molecule has 0 spiro atoms. The number of hydrogen-bond acceptors (Lipinski definition) is 8. The Balaban J connectivity index is 2.25. The van der Waals surface area contributed by atoms with E-state index >= 15 is 0 Å². The normalized spacial score (nSPS) is 19.7. The van der Waals surface area contributed by atoms with Gasteiger partial charge in [0.15, 0.2) is 0 Å². The summed E-state index contributed by atoms with van der Waals surface area (Å²) < 4.78 is 0. The van der Waals surface area contributed by atoms with Crippen molar-refractivity contribution in [2.45, 2.75) is 94.0 Å². The minimum atomic E-state index is -0.551. The lowest BCUT2D eigenvalue weighted by atomic mass is 9.55. The van der Waals surface area contributed by atoms with Crippen LogP contribution >= 0.6 is 23.5 Å². The van der Waals surface area contributed by atoms with Gasteiger partial charge in [0.25, 0.3) is 0 Å². The van der Waals surface area contributed by atoms with Gasteiger partial charge in [-0.1, -0.05) is 52.0 Å². The van der Waals surface area contributed by atoms with E-state index in [-0.39, 0.29) is 24.8 Å². The van der Waals surface area contributed by atoms with Crippen LogP contribution in [0.2, 0.25) is 0 Å². The first-order chi connectivity index (χ1) is 22.4. The smallest absolute Gasteiger partial charge is 0.124 e. The molecule has 47 heavy (non-hydrogen) atoms. The summed E-state index contributed by atoms with van der Waals surface area (Å²) in [7, 11) is 0. The number of nitrogens with two attached hydrogens (primary N) is 2. The molecule has 2 atom stereocenters. The number of nitrogens with zero attached hydrogens (tertiary/aromatic N) is 2. The Morgan fingerprint density at radius 1 is 0.745 bits per heavy atom. The number of benzene rings is 3. The van der Waals surface area contributed by atoms with Crippen molar-refractivity contribution in [3.8, 4) is 11.5 Å². The molecule has 0 saturated heterocycles. The second kappa shape index (κ2) is 15.0. The number of aromatic hydroxyl groups is 2. The molecule has 1 aliphatic rings. The first kappa shape index (κ1) is 36.8.